The van der Waals surface area contributed by atoms with Gasteiger partial charge in [-0.25, -0.2) is 9.97 Å². The molecule has 0 spiro atoms. The quantitative estimate of drug-likeness (QED) is 0.931. The van der Waals surface area contributed by atoms with Gasteiger partial charge >= 0.3 is 0 Å². The van der Waals surface area contributed by atoms with Crippen molar-refractivity contribution in [1.82, 2.24) is 15.0 Å². The molecule has 0 saturated heterocycles. The zero-order valence-corrected chi connectivity index (χ0v) is 10.1. The first-order valence-corrected chi connectivity index (χ1v) is 5.67. The largest absolute Gasteiger partial charge is 0.321 e. The second-order valence-electron chi connectivity index (χ2n) is 3.43. The fourth-order valence-electron chi connectivity index (χ4n) is 1.41. The fraction of sp³-hybridized carbons (Fsp3) is 0.182. The molecular weight excluding hydrogens is 268 g/mol. The van der Waals surface area contributed by atoms with Gasteiger partial charge in [0.1, 0.15) is 5.82 Å². The van der Waals surface area contributed by atoms with Crippen LogP contribution in [0.1, 0.15) is 17.4 Å². The van der Waals surface area contributed by atoms with Crippen LogP contribution in [0.5, 0.6) is 0 Å². The third-order valence-electron chi connectivity index (χ3n) is 2.13. The molecule has 0 aliphatic rings. The van der Waals surface area contributed by atoms with Crippen LogP contribution in [0, 0.1) is 0 Å². The van der Waals surface area contributed by atoms with Crippen LogP contribution in [-0.2, 0) is 6.42 Å². The van der Waals surface area contributed by atoms with E-state index in [0.29, 0.717) is 12.2 Å². The van der Waals surface area contributed by atoms with Crippen molar-refractivity contribution >= 4 is 15.9 Å². The molecule has 1 atom stereocenters. The highest BCUT2D eigenvalue weighted by Gasteiger charge is 2.09. The molecule has 0 fully saturated rings. The van der Waals surface area contributed by atoms with Crippen molar-refractivity contribution < 1.29 is 0 Å². The number of halogens is 1. The average Bonchev–Trinajstić information content (AvgIpc) is 2.30. The Morgan fingerprint density at radius 2 is 2.00 bits per heavy atom. The van der Waals surface area contributed by atoms with Crippen molar-refractivity contribution in [3.8, 4) is 0 Å². The Morgan fingerprint density at radius 3 is 2.69 bits per heavy atom. The lowest BCUT2D eigenvalue weighted by Crippen LogP contribution is -2.16. The molecular formula is C11H11BrN4. The highest BCUT2D eigenvalue weighted by Crippen LogP contribution is 2.15. The molecule has 0 amide bonds. The number of nitrogens with two attached hydrogens (primary N) is 1. The van der Waals surface area contributed by atoms with Gasteiger partial charge < -0.3 is 5.73 Å². The van der Waals surface area contributed by atoms with Crippen molar-refractivity contribution in [1.29, 1.82) is 0 Å². The van der Waals surface area contributed by atoms with Crippen LogP contribution < -0.4 is 5.73 Å². The van der Waals surface area contributed by atoms with Gasteiger partial charge in [0.05, 0.1) is 6.04 Å². The van der Waals surface area contributed by atoms with Crippen molar-refractivity contribution in [3.05, 3.63) is 52.8 Å². The first-order chi connectivity index (χ1) is 7.75. The Hall–Kier alpha value is -1.33. The van der Waals surface area contributed by atoms with Crippen LogP contribution >= 0.6 is 15.9 Å². The second kappa shape index (κ2) is 5.14. The highest BCUT2D eigenvalue weighted by molar-refractivity contribution is 9.10. The van der Waals surface area contributed by atoms with Crippen molar-refractivity contribution in [2.75, 3.05) is 0 Å². The third kappa shape index (κ3) is 2.84. The maximum absolute atomic E-state index is 6.01. The molecule has 4 nitrogen and oxygen atoms in total. The normalized spacial score (nSPS) is 12.4. The Kier molecular flexibility index (Phi) is 3.58. The van der Waals surface area contributed by atoms with Gasteiger partial charge in [-0.1, -0.05) is 0 Å². The van der Waals surface area contributed by atoms with E-state index in [0.717, 1.165) is 10.0 Å². The van der Waals surface area contributed by atoms with Gasteiger partial charge in [-0.05, 0) is 40.0 Å². The van der Waals surface area contributed by atoms with Gasteiger partial charge in [0.2, 0.25) is 0 Å². The third-order valence-corrected chi connectivity index (χ3v) is 2.57. The molecule has 2 heterocycles. The summed E-state index contributed by atoms with van der Waals surface area (Å²) in [4.78, 5) is 12.3. The zero-order valence-electron chi connectivity index (χ0n) is 8.55. The molecule has 2 rings (SSSR count). The van der Waals surface area contributed by atoms with Crippen LogP contribution in [0.25, 0.3) is 0 Å². The van der Waals surface area contributed by atoms with Crippen LogP contribution in [0.3, 0.4) is 0 Å². The van der Waals surface area contributed by atoms with Crippen LogP contribution in [-0.4, -0.2) is 15.0 Å². The topological polar surface area (TPSA) is 64.7 Å². The van der Waals surface area contributed by atoms with Gasteiger partial charge in [-0.2, -0.15) is 0 Å². The summed E-state index contributed by atoms with van der Waals surface area (Å²) in [6.07, 6.45) is 7.61. The minimum Gasteiger partial charge on any atom is -0.321 e. The van der Waals surface area contributed by atoms with E-state index in [2.05, 4.69) is 30.9 Å². The SMILES string of the molecule is NC(Cc1cncc(Br)c1)c1ncccn1. The summed E-state index contributed by atoms with van der Waals surface area (Å²) in [5.74, 6) is 0.655. The van der Waals surface area contributed by atoms with Gasteiger partial charge in [-0.3, -0.25) is 4.98 Å². The summed E-state index contributed by atoms with van der Waals surface area (Å²) >= 11 is 3.37. The molecule has 0 aliphatic heterocycles. The number of aromatic nitrogens is 3. The van der Waals surface area contributed by atoms with E-state index in [1.54, 1.807) is 30.9 Å². The molecule has 2 aromatic rings. The first kappa shape index (κ1) is 11.2. The zero-order chi connectivity index (χ0) is 11.4. The molecule has 1 unspecified atom stereocenters. The number of hydrogen-bond donors (Lipinski definition) is 1. The molecule has 0 aromatic carbocycles. The molecule has 5 heteroatoms. The summed E-state index contributed by atoms with van der Waals surface area (Å²) in [6.45, 7) is 0. The monoisotopic (exact) mass is 278 g/mol. The fourth-order valence-corrected chi connectivity index (χ4v) is 1.83. The summed E-state index contributed by atoms with van der Waals surface area (Å²) in [7, 11) is 0. The Bertz CT molecular complexity index is 461. The van der Waals surface area contributed by atoms with E-state index in [1.807, 2.05) is 6.07 Å². The number of nitrogens with zero attached hydrogens (tertiary/aromatic N) is 3. The number of hydrogen-bond acceptors (Lipinski definition) is 4. The minimum absolute atomic E-state index is 0.197. The smallest absolute Gasteiger partial charge is 0.145 e. The molecule has 82 valence electrons. The highest BCUT2D eigenvalue weighted by atomic mass is 79.9. The van der Waals surface area contributed by atoms with E-state index >= 15 is 0 Å². The predicted molar refractivity (Wildman–Crippen MR) is 64.6 cm³/mol. The van der Waals surface area contributed by atoms with Gasteiger partial charge in [-0.15, -0.1) is 0 Å². The predicted octanol–water partition coefficient (Wildman–Crippen LogP) is 1.88. The summed E-state index contributed by atoms with van der Waals surface area (Å²) in [5, 5.41) is 0. The molecule has 0 bridgehead atoms. The second-order valence-corrected chi connectivity index (χ2v) is 4.34. The lowest BCUT2D eigenvalue weighted by Gasteiger charge is -2.09. The van der Waals surface area contributed by atoms with Gasteiger partial charge in [0.25, 0.3) is 0 Å². The van der Waals surface area contributed by atoms with E-state index in [4.69, 9.17) is 5.73 Å². The summed E-state index contributed by atoms with van der Waals surface area (Å²) in [6, 6.07) is 3.57. The van der Waals surface area contributed by atoms with E-state index in [-0.39, 0.29) is 6.04 Å². The van der Waals surface area contributed by atoms with E-state index in [9.17, 15) is 0 Å². The maximum atomic E-state index is 6.01. The number of rotatable bonds is 3. The lowest BCUT2D eigenvalue weighted by molar-refractivity contribution is 0.665. The van der Waals surface area contributed by atoms with E-state index < -0.39 is 0 Å². The Morgan fingerprint density at radius 1 is 1.25 bits per heavy atom. The molecule has 2 aromatic heterocycles. The number of pyridine rings is 1. The van der Waals surface area contributed by atoms with Crippen LogP contribution in [0.2, 0.25) is 0 Å². The molecule has 0 aliphatic carbocycles. The molecule has 16 heavy (non-hydrogen) atoms. The molecule has 0 saturated carbocycles. The van der Waals surface area contributed by atoms with Crippen molar-refractivity contribution in [2.24, 2.45) is 5.73 Å². The van der Waals surface area contributed by atoms with Crippen molar-refractivity contribution in [3.63, 3.8) is 0 Å². The lowest BCUT2D eigenvalue weighted by atomic mass is 10.1. The van der Waals surface area contributed by atoms with Gasteiger partial charge in [0, 0.05) is 29.3 Å². The van der Waals surface area contributed by atoms with E-state index in [1.165, 1.54) is 0 Å². The van der Waals surface area contributed by atoms with Crippen LogP contribution in [0.15, 0.2) is 41.4 Å². The molecule has 2 N–H and O–H groups in total. The average molecular weight is 279 g/mol. The molecule has 0 radical (unpaired) electrons. The van der Waals surface area contributed by atoms with Gasteiger partial charge in [0.15, 0.2) is 0 Å². The summed E-state index contributed by atoms with van der Waals surface area (Å²) < 4.78 is 0.950. The Balaban J connectivity index is 2.11. The summed E-state index contributed by atoms with van der Waals surface area (Å²) in [5.41, 5.74) is 7.07. The first-order valence-electron chi connectivity index (χ1n) is 4.87. The maximum Gasteiger partial charge on any atom is 0.145 e. The Labute approximate surface area is 102 Å². The standard InChI is InChI=1S/C11H11BrN4/c12-9-4-8(6-14-7-9)5-10(13)11-15-2-1-3-16-11/h1-4,6-7,10H,5,13H2. The van der Waals surface area contributed by atoms with Crippen LogP contribution in [0.4, 0.5) is 0 Å². The van der Waals surface area contributed by atoms with Crippen molar-refractivity contribution in [2.45, 2.75) is 12.5 Å². The minimum atomic E-state index is -0.197.